The highest BCUT2D eigenvalue weighted by Crippen LogP contribution is 2.14. The number of anilines is 1. The monoisotopic (exact) mass is 262 g/mol. The van der Waals surface area contributed by atoms with Gasteiger partial charge in [-0.25, -0.2) is 9.97 Å². The Hall–Kier alpha value is -1.16. The summed E-state index contributed by atoms with van der Waals surface area (Å²) in [6, 6.07) is 0. The molecule has 1 N–H and O–H groups in total. The second-order valence-electron chi connectivity index (χ2n) is 5.33. The highest BCUT2D eigenvalue weighted by molar-refractivity contribution is 5.33. The maximum absolute atomic E-state index is 4.68. The quantitative estimate of drug-likeness (QED) is 0.799. The summed E-state index contributed by atoms with van der Waals surface area (Å²) in [5, 5.41) is 3.35. The summed E-state index contributed by atoms with van der Waals surface area (Å²) in [5.74, 6) is 0.899. The van der Waals surface area contributed by atoms with E-state index >= 15 is 0 Å². The van der Waals surface area contributed by atoms with E-state index in [0.717, 1.165) is 44.2 Å². The van der Waals surface area contributed by atoms with Crippen LogP contribution in [0.15, 0.2) is 6.20 Å². The lowest BCUT2D eigenvalue weighted by molar-refractivity contribution is 0.578. The molecule has 1 aromatic rings. The van der Waals surface area contributed by atoms with Crippen LogP contribution in [-0.2, 0) is 6.42 Å². The minimum atomic E-state index is 0.899. The lowest BCUT2D eigenvalue weighted by atomic mass is 10.1. The van der Waals surface area contributed by atoms with E-state index in [1.807, 2.05) is 6.20 Å². The first kappa shape index (κ1) is 14.3. The summed E-state index contributed by atoms with van der Waals surface area (Å²) in [5.41, 5.74) is 2.47. The van der Waals surface area contributed by atoms with Crippen LogP contribution in [0.5, 0.6) is 0 Å². The average Bonchev–Trinajstić information content (AvgIpc) is 2.46. The van der Waals surface area contributed by atoms with Crippen LogP contribution in [0.25, 0.3) is 0 Å². The predicted octanol–water partition coefficient (Wildman–Crippen LogP) is 2.32. The van der Waals surface area contributed by atoms with Crippen molar-refractivity contribution >= 4 is 5.95 Å². The van der Waals surface area contributed by atoms with Gasteiger partial charge in [-0.3, -0.25) is 0 Å². The third-order valence-electron chi connectivity index (χ3n) is 3.77. The van der Waals surface area contributed by atoms with Gasteiger partial charge in [0.15, 0.2) is 0 Å². The van der Waals surface area contributed by atoms with Crippen LogP contribution in [0.3, 0.4) is 0 Å². The lowest BCUT2D eigenvalue weighted by Gasteiger charge is -2.27. The summed E-state index contributed by atoms with van der Waals surface area (Å²) in [6.45, 7) is 8.44. The Morgan fingerprint density at radius 3 is 2.68 bits per heavy atom. The van der Waals surface area contributed by atoms with E-state index in [4.69, 9.17) is 0 Å². The second-order valence-corrected chi connectivity index (χ2v) is 5.33. The Balaban J connectivity index is 1.92. The molecule has 0 unspecified atom stereocenters. The van der Waals surface area contributed by atoms with E-state index in [0.29, 0.717) is 0 Å². The van der Waals surface area contributed by atoms with Gasteiger partial charge in [0.05, 0.1) is 0 Å². The number of unbranched alkanes of at least 4 members (excludes halogenated alkanes) is 3. The smallest absolute Gasteiger partial charge is 0.225 e. The summed E-state index contributed by atoms with van der Waals surface area (Å²) in [7, 11) is 0. The summed E-state index contributed by atoms with van der Waals surface area (Å²) < 4.78 is 0. The van der Waals surface area contributed by atoms with Crippen LogP contribution in [0.1, 0.15) is 43.9 Å². The first-order chi connectivity index (χ1) is 9.31. The van der Waals surface area contributed by atoms with Gasteiger partial charge in [0.2, 0.25) is 5.95 Å². The van der Waals surface area contributed by atoms with Gasteiger partial charge in [0.25, 0.3) is 0 Å². The van der Waals surface area contributed by atoms with E-state index in [1.165, 1.54) is 31.2 Å². The number of rotatable bonds is 6. The van der Waals surface area contributed by atoms with Crippen molar-refractivity contribution in [3.63, 3.8) is 0 Å². The molecular formula is C15H26N4. The fourth-order valence-corrected chi connectivity index (χ4v) is 2.48. The Bertz CT molecular complexity index is 386. The van der Waals surface area contributed by atoms with Crippen molar-refractivity contribution in [3.8, 4) is 0 Å². The summed E-state index contributed by atoms with van der Waals surface area (Å²) in [6.07, 6.45) is 8.34. The van der Waals surface area contributed by atoms with Gasteiger partial charge in [-0.1, -0.05) is 26.2 Å². The van der Waals surface area contributed by atoms with E-state index in [1.54, 1.807) is 0 Å². The van der Waals surface area contributed by atoms with E-state index < -0.39 is 0 Å². The molecule has 19 heavy (non-hydrogen) atoms. The molecule has 0 aliphatic carbocycles. The molecule has 1 aliphatic rings. The number of nitrogens with zero attached hydrogens (tertiary/aromatic N) is 3. The van der Waals surface area contributed by atoms with Gasteiger partial charge in [0, 0.05) is 38.1 Å². The molecule has 1 saturated heterocycles. The topological polar surface area (TPSA) is 41.1 Å². The third-order valence-corrected chi connectivity index (χ3v) is 3.77. The van der Waals surface area contributed by atoms with Crippen LogP contribution >= 0.6 is 0 Å². The number of hydrogen-bond acceptors (Lipinski definition) is 4. The Labute approximate surface area is 116 Å². The molecule has 106 valence electrons. The largest absolute Gasteiger partial charge is 0.338 e. The third kappa shape index (κ3) is 4.16. The van der Waals surface area contributed by atoms with Crippen LogP contribution < -0.4 is 10.2 Å². The molecular weight excluding hydrogens is 236 g/mol. The number of nitrogens with one attached hydrogen (secondary N) is 1. The number of hydrogen-bond donors (Lipinski definition) is 1. The van der Waals surface area contributed by atoms with Crippen molar-refractivity contribution < 1.29 is 0 Å². The molecule has 1 aliphatic heterocycles. The second kappa shape index (κ2) is 7.43. The molecule has 2 heterocycles. The first-order valence-electron chi connectivity index (χ1n) is 7.59. The number of aromatic nitrogens is 2. The molecule has 0 amide bonds. The van der Waals surface area contributed by atoms with Gasteiger partial charge in [-0.2, -0.15) is 0 Å². The average molecular weight is 262 g/mol. The predicted molar refractivity (Wildman–Crippen MR) is 79.7 cm³/mol. The Morgan fingerprint density at radius 2 is 2.00 bits per heavy atom. The van der Waals surface area contributed by atoms with Crippen LogP contribution in [-0.4, -0.2) is 36.1 Å². The number of aryl methyl sites for hydroxylation is 2. The zero-order chi connectivity index (χ0) is 13.5. The SMILES string of the molecule is CCCCCCc1cnc(N2CCNCC2)nc1C. The van der Waals surface area contributed by atoms with Gasteiger partial charge in [0.1, 0.15) is 0 Å². The molecule has 1 fully saturated rings. The molecule has 1 aromatic heterocycles. The van der Waals surface area contributed by atoms with Crippen LogP contribution in [0.4, 0.5) is 5.95 Å². The van der Waals surface area contributed by atoms with Crippen molar-refractivity contribution in [2.45, 2.75) is 46.0 Å². The molecule has 0 radical (unpaired) electrons. The molecule has 0 spiro atoms. The minimum Gasteiger partial charge on any atom is -0.338 e. The molecule has 0 aromatic carbocycles. The van der Waals surface area contributed by atoms with Crippen molar-refractivity contribution in [3.05, 3.63) is 17.5 Å². The van der Waals surface area contributed by atoms with Gasteiger partial charge in [-0.15, -0.1) is 0 Å². The molecule has 4 heteroatoms. The maximum atomic E-state index is 4.68. The molecule has 4 nitrogen and oxygen atoms in total. The zero-order valence-corrected chi connectivity index (χ0v) is 12.3. The maximum Gasteiger partial charge on any atom is 0.225 e. The highest BCUT2D eigenvalue weighted by atomic mass is 15.3. The van der Waals surface area contributed by atoms with Crippen molar-refractivity contribution in [1.29, 1.82) is 0 Å². The lowest BCUT2D eigenvalue weighted by Crippen LogP contribution is -2.44. The molecule has 0 saturated carbocycles. The van der Waals surface area contributed by atoms with E-state index in [9.17, 15) is 0 Å². The summed E-state index contributed by atoms with van der Waals surface area (Å²) in [4.78, 5) is 11.5. The molecule has 2 rings (SSSR count). The fraction of sp³-hybridized carbons (Fsp3) is 0.733. The van der Waals surface area contributed by atoms with Gasteiger partial charge >= 0.3 is 0 Å². The number of piperazine rings is 1. The summed E-state index contributed by atoms with van der Waals surface area (Å²) >= 11 is 0. The normalized spacial score (nSPS) is 15.8. The fourth-order valence-electron chi connectivity index (χ4n) is 2.48. The van der Waals surface area contributed by atoms with Crippen molar-refractivity contribution in [1.82, 2.24) is 15.3 Å². The Morgan fingerprint density at radius 1 is 1.21 bits per heavy atom. The van der Waals surface area contributed by atoms with E-state index in [2.05, 4.69) is 34.0 Å². The molecule has 0 atom stereocenters. The van der Waals surface area contributed by atoms with E-state index in [-0.39, 0.29) is 0 Å². The minimum absolute atomic E-state index is 0.899. The van der Waals surface area contributed by atoms with Crippen molar-refractivity contribution in [2.75, 3.05) is 31.1 Å². The molecule has 0 bridgehead atoms. The van der Waals surface area contributed by atoms with Crippen LogP contribution in [0, 0.1) is 6.92 Å². The van der Waals surface area contributed by atoms with Crippen LogP contribution in [0.2, 0.25) is 0 Å². The first-order valence-corrected chi connectivity index (χ1v) is 7.59. The van der Waals surface area contributed by atoms with Gasteiger partial charge < -0.3 is 10.2 Å². The Kier molecular flexibility index (Phi) is 5.58. The van der Waals surface area contributed by atoms with Crippen molar-refractivity contribution in [2.24, 2.45) is 0 Å². The van der Waals surface area contributed by atoms with Gasteiger partial charge in [-0.05, 0) is 25.3 Å². The highest BCUT2D eigenvalue weighted by Gasteiger charge is 2.13. The standard InChI is InChI=1S/C15H26N4/c1-3-4-5-6-7-14-12-17-15(18-13(14)2)19-10-8-16-9-11-19/h12,16H,3-11H2,1-2H3. The zero-order valence-electron chi connectivity index (χ0n) is 12.3.